The van der Waals surface area contributed by atoms with Crippen LogP contribution in [0.25, 0.3) is 0 Å². The molecule has 0 saturated carbocycles. The van der Waals surface area contributed by atoms with Crippen molar-refractivity contribution in [2.45, 2.75) is 0 Å². The Morgan fingerprint density at radius 3 is 2.37 bits per heavy atom. The number of methoxy groups -OCH3 is 2. The molecule has 2 aromatic carbocycles. The molecule has 0 aliphatic carbocycles. The molecule has 100 valence electrons. The van der Waals surface area contributed by atoms with Crippen molar-refractivity contribution < 1.29 is 13.9 Å². The maximum absolute atomic E-state index is 13.8. The zero-order valence-corrected chi connectivity index (χ0v) is 10.7. The number of para-hydroxylation sites is 2. The van der Waals surface area contributed by atoms with Crippen LogP contribution in [0.5, 0.6) is 11.5 Å². The van der Waals surface area contributed by atoms with E-state index in [4.69, 9.17) is 15.2 Å². The number of nitrogen functional groups attached to an aromatic ring is 1. The van der Waals surface area contributed by atoms with E-state index in [-0.39, 0.29) is 11.4 Å². The number of nitrogens with two attached hydrogens (primary N) is 1. The summed E-state index contributed by atoms with van der Waals surface area (Å²) >= 11 is 0. The van der Waals surface area contributed by atoms with Crippen molar-refractivity contribution >= 4 is 17.1 Å². The third-order valence-corrected chi connectivity index (χ3v) is 2.70. The zero-order chi connectivity index (χ0) is 13.8. The van der Waals surface area contributed by atoms with Crippen LogP contribution in [0.3, 0.4) is 0 Å². The molecule has 0 atom stereocenters. The number of hydrogen-bond acceptors (Lipinski definition) is 4. The average Bonchev–Trinajstić information content (AvgIpc) is 2.42. The number of nitrogens with one attached hydrogen (secondary N) is 1. The van der Waals surface area contributed by atoms with Gasteiger partial charge >= 0.3 is 0 Å². The Labute approximate surface area is 111 Å². The van der Waals surface area contributed by atoms with E-state index < -0.39 is 5.82 Å². The van der Waals surface area contributed by atoms with E-state index in [1.807, 2.05) is 12.1 Å². The minimum absolute atomic E-state index is 0.255. The summed E-state index contributed by atoms with van der Waals surface area (Å²) in [4.78, 5) is 0. The van der Waals surface area contributed by atoms with E-state index in [0.29, 0.717) is 17.2 Å². The lowest BCUT2D eigenvalue weighted by Crippen LogP contribution is -2.00. The Morgan fingerprint density at radius 1 is 1.00 bits per heavy atom. The van der Waals surface area contributed by atoms with E-state index in [1.165, 1.54) is 19.2 Å². The summed E-state index contributed by atoms with van der Waals surface area (Å²) in [6, 6.07) is 9.98. The van der Waals surface area contributed by atoms with Crippen molar-refractivity contribution in [2.24, 2.45) is 0 Å². The highest BCUT2D eigenvalue weighted by Crippen LogP contribution is 2.33. The molecule has 0 heterocycles. The Hall–Kier alpha value is -2.43. The minimum atomic E-state index is -0.454. The lowest BCUT2D eigenvalue weighted by atomic mass is 10.2. The highest BCUT2D eigenvalue weighted by atomic mass is 19.1. The molecule has 4 nitrogen and oxygen atoms in total. The Morgan fingerprint density at radius 2 is 1.68 bits per heavy atom. The van der Waals surface area contributed by atoms with Crippen LogP contribution in [0.1, 0.15) is 0 Å². The molecule has 0 spiro atoms. The third kappa shape index (κ3) is 2.70. The molecular weight excluding hydrogens is 247 g/mol. The Balaban J connectivity index is 2.38. The monoisotopic (exact) mass is 262 g/mol. The van der Waals surface area contributed by atoms with Crippen molar-refractivity contribution in [3.63, 3.8) is 0 Å². The van der Waals surface area contributed by atoms with Crippen molar-refractivity contribution in [1.29, 1.82) is 0 Å². The molecular formula is C14H15FN2O2. The van der Waals surface area contributed by atoms with Crippen LogP contribution >= 0.6 is 0 Å². The van der Waals surface area contributed by atoms with Crippen LogP contribution < -0.4 is 20.5 Å². The first kappa shape index (κ1) is 13.0. The van der Waals surface area contributed by atoms with Gasteiger partial charge in [-0.25, -0.2) is 4.39 Å². The molecule has 0 unspecified atom stereocenters. The topological polar surface area (TPSA) is 56.5 Å². The largest absolute Gasteiger partial charge is 0.495 e. The second kappa shape index (κ2) is 5.48. The first-order valence-corrected chi connectivity index (χ1v) is 5.68. The fraction of sp³-hybridized carbons (Fsp3) is 0.143. The van der Waals surface area contributed by atoms with Gasteiger partial charge in [-0.3, -0.25) is 0 Å². The summed E-state index contributed by atoms with van der Waals surface area (Å²) in [7, 11) is 3.04. The van der Waals surface area contributed by atoms with Gasteiger partial charge in [-0.15, -0.1) is 0 Å². The lowest BCUT2D eigenvalue weighted by Gasteiger charge is -2.13. The van der Waals surface area contributed by atoms with Gasteiger partial charge in [-0.2, -0.15) is 0 Å². The summed E-state index contributed by atoms with van der Waals surface area (Å²) in [5, 5.41) is 2.96. The number of ether oxygens (including phenoxy) is 2. The fourth-order valence-corrected chi connectivity index (χ4v) is 1.73. The quantitative estimate of drug-likeness (QED) is 0.831. The van der Waals surface area contributed by atoms with Gasteiger partial charge in [0.1, 0.15) is 17.3 Å². The van der Waals surface area contributed by atoms with Gasteiger partial charge < -0.3 is 20.5 Å². The number of halogens is 1. The van der Waals surface area contributed by atoms with Crippen LogP contribution in [-0.4, -0.2) is 14.2 Å². The molecule has 2 aromatic rings. The molecule has 0 amide bonds. The predicted octanol–water partition coefficient (Wildman–Crippen LogP) is 3.17. The van der Waals surface area contributed by atoms with E-state index in [0.717, 1.165) is 0 Å². The molecule has 0 bridgehead atoms. The number of hydrogen-bond donors (Lipinski definition) is 2. The minimum Gasteiger partial charge on any atom is -0.495 e. The van der Waals surface area contributed by atoms with Gasteiger partial charge in [0, 0.05) is 12.1 Å². The van der Waals surface area contributed by atoms with Crippen molar-refractivity contribution in [2.75, 3.05) is 25.3 Å². The molecule has 0 aliphatic rings. The second-order valence-corrected chi connectivity index (χ2v) is 3.90. The van der Waals surface area contributed by atoms with E-state index in [9.17, 15) is 4.39 Å². The van der Waals surface area contributed by atoms with Gasteiger partial charge in [0.15, 0.2) is 0 Å². The molecule has 3 N–H and O–H groups in total. The van der Waals surface area contributed by atoms with Crippen molar-refractivity contribution in [3.05, 3.63) is 42.2 Å². The van der Waals surface area contributed by atoms with Crippen LogP contribution in [0.4, 0.5) is 21.5 Å². The fourth-order valence-electron chi connectivity index (χ4n) is 1.73. The van der Waals surface area contributed by atoms with E-state index >= 15 is 0 Å². The highest BCUT2D eigenvalue weighted by molar-refractivity contribution is 5.70. The number of benzene rings is 2. The normalized spacial score (nSPS) is 10.1. The Bertz CT molecular complexity index is 588. The molecule has 0 aliphatic heterocycles. The van der Waals surface area contributed by atoms with E-state index in [2.05, 4.69) is 5.32 Å². The molecule has 2 rings (SSSR count). The van der Waals surface area contributed by atoms with Crippen LogP contribution in [0.15, 0.2) is 36.4 Å². The number of anilines is 3. The van der Waals surface area contributed by atoms with Crippen LogP contribution in [0, 0.1) is 5.82 Å². The molecule has 0 fully saturated rings. The standard InChI is InChI=1S/C14H15FN2O2/c1-18-13-6-4-3-5-11(13)17-12-8-14(19-2)10(16)7-9(12)15/h3-8,17H,16H2,1-2H3. The van der Waals surface area contributed by atoms with Crippen molar-refractivity contribution in [3.8, 4) is 11.5 Å². The molecule has 0 aromatic heterocycles. The summed E-state index contributed by atoms with van der Waals surface area (Å²) in [5.74, 6) is 0.584. The highest BCUT2D eigenvalue weighted by Gasteiger charge is 2.10. The van der Waals surface area contributed by atoms with Gasteiger partial charge in [0.2, 0.25) is 0 Å². The second-order valence-electron chi connectivity index (χ2n) is 3.90. The molecule has 19 heavy (non-hydrogen) atoms. The zero-order valence-electron chi connectivity index (χ0n) is 10.7. The SMILES string of the molecule is COc1cc(Nc2ccccc2OC)c(F)cc1N. The lowest BCUT2D eigenvalue weighted by molar-refractivity contribution is 0.415. The third-order valence-electron chi connectivity index (χ3n) is 2.70. The van der Waals surface area contributed by atoms with Crippen LogP contribution in [0.2, 0.25) is 0 Å². The average molecular weight is 262 g/mol. The maximum Gasteiger partial charge on any atom is 0.148 e. The summed E-state index contributed by atoms with van der Waals surface area (Å²) in [5.41, 5.74) is 6.82. The smallest absolute Gasteiger partial charge is 0.148 e. The number of rotatable bonds is 4. The molecule has 5 heteroatoms. The van der Waals surface area contributed by atoms with E-state index in [1.54, 1.807) is 19.2 Å². The first-order valence-electron chi connectivity index (χ1n) is 5.68. The summed E-state index contributed by atoms with van der Waals surface area (Å²) in [6.07, 6.45) is 0. The van der Waals surface area contributed by atoms with Crippen molar-refractivity contribution in [1.82, 2.24) is 0 Å². The first-order chi connectivity index (χ1) is 9.15. The maximum atomic E-state index is 13.8. The van der Waals surface area contributed by atoms with Gasteiger partial charge in [0.05, 0.1) is 31.3 Å². The molecule has 0 saturated heterocycles. The summed E-state index contributed by atoms with van der Waals surface area (Å²) < 4.78 is 24.1. The van der Waals surface area contributed by atoms with Gasteiger partial charge in [-0.1, -0.05) is 12.1 Å². The Kier molecular flexibility index (Phi) is 3.75. The predicted molar refractivity (Wildman–Crippen MR) is 73.6 cm³/mol. The van der Waals surface area contributed by atoms with Gasteiger partial charge in [0.25, 0.3) is 0 Å². The molecule has 0 radical (unpaired) electrons. The summed E-state index contributed by atoms with van der Waals surface area (Å²) in [6.45, 7) is 0. The van der Waals surface area contributed by atoms with Crippen LogP contribution in [-0.2, 0) is 0 Å². The van der Waals surface area contributed by atoms with Gasteiger partial charge in [-0.05, 0) is 12.1 Å².